The van der Waals surface area contributed by atoms with Gasteiger partial charge >= 0.3 is 6.03 Å². The second kappa shape index (κ2) is 9.11. The number of likely N-dealkylation sites (N-methyl/N-ethyl adjacent to an activating group) is 1. The highest BCUT2D eigenvalue weighted by atomic mass is 16.2. The molecule has 172 valence electrons. The number of urea groups is 1. The van der Waals surface area contributed by atoms with E-state index in [4.69, 9.17) is 0 Å². The SMILES string of the molecule is Cc1cc(N2CCN(C)CC2)ccc1NC(=O)N1CCC(N2CCn3ccnc3C2)CC1. The number of nitrogens with one attached hydrogen (secondary N) is 1. The van der Waals surface area contributed by atoms with E-state index in [2.05, 4.69) is 67.9 Å². The number of carbonyl (C=O) groups is 1. The number of anilines is 2. The van der Waals surface area contributed by atoms with E-state index in [1.165, 1.54) is 5.69 Å². The molecule has 1 aromatic heterocycles. The normalized spacial score (nSPS) is 20.9. The summed E-state index contributed by atoms with van der Waals surface area (Å²) < 4.78 is 2.25. The van der Waals surface area contributed by atoms with Crippen molar-refractivity contribution >= 4 is 17.4 Å². The Bertz CT molecular complexity index is 942. The molecule has 2 amide bonds. The van der Waals surface area contributed by atoms with E-state index in [0.717, 1.165) is 88.8 Å². The van der Waals surface area contributed by atoms with Gasteiger partial charge in [-0.25, -0.2) is 9.78 Å². The van der Waals surface area contributed by atoms with Crippen molar-refractivity contribution in [2.24, 2.45) is 0 Å². The van der Waals surface area contributed by atoms with Gasteiger partial charge in [-0.3, -0.25) is 4.90 Å². The average Bonchev–Trinajstić information content (AvgIpc) is 3.29. The highest BCUT2D eigenvalue weighted by Gasteiger charge is 2.29. The number of nitrogens with zero attached hydrogens (tertiary/aromatic N) is 6. The summed E-state index contributed by atoms with van der Waals surface area (Å²) in [6, 6.07) is 6.96. The molecule has 5 rings (SSSR count). The molecule has 0 aliphatic carbocycles. The fraction of sp³-hybridized carbons (Fsp3) is 0.583. The number of aryl methyl sites for hydroxylation is 1. The Morgan fingerprint density at radius 2 is 1.81 bits per heavy atom. The second-order valence-corrected chi connectivity index (χ2v) is 9.45. The number of aromatic nitrogens is 2. The van der Waals surface area contributed by atoms with Crippen molar-refractivity contribution in [3.63, 3.8) is 0 Å². The summed E-state index contributed by atoms with van der Waals surface area (Å²) in [7, 11) is 2.17. The molecule has 1 N–H and O–H groups in total. The van der Waals surface area contributed by atoms with E-state index in [1.807, 2.05) is 11.1 Å². The number of hydrogen-bond donors (Lipinski definition) is 1. The summed E-state index contributed by atoms with van der Waals surface area (Å²) in [4.78, 5) is 26.7. The average molecular weight is 438 g/mol. The lowest BCUT2D eigenvalue weighted by molar-refractivity contribution is 0.0971. The van der Waals surface area contributed by atoms with Crippen LogP contribution in [0.25, 0.3) is 0 Å². The van der Waals surface area contributed by atoms with Crippen LogP contribution >= 0.6 is 0 Å². The Kier molecular flexibility index (Phi) is 6.06. The van der Waals surface area contributed by atoms with Crippen molar-refractivity contribution in [1.82, 2.24) is 24.3 Å². The number of benzene rings is 1. The number of likely N-dealkylation sites (tertiary alicyclic amines) is 1. The molecule has 8 heteroatoms. The quantitative estimate of drug-likeness (QED) is 0.799. The first-order valence-electron chi connectivity index (χ1n) is 11.9. The van der Waals surface area contributed by atoms with Crippen LogP contribution in [0.3, 0.4) is 0 Å². The van der Waals surface area contributed by atoms with Crippen LogP contribution in [0.2, 0.25) is 0 Å². The topological polar surface area (TPSA) is 59.9 Å². The predicted octanol–water partition coefficient (Wildman–Crippen LogP) is 2.46. The maximum Gasteiger partial charge on any atom is 0.321 e. The molecule has 3 aliphatic rings. The first-order valence-corrected chi connectivity index (χ1v) is 11.9. The van der Waals surface area contributed by atoms with E-state index >= 15 is 0 Å². The molecule has 3 aliphatic heterocycles. The number of amides is 2. The second-order valence-electron chi connectivity index (χ2n) is 9.45. The molecule has 4 heterocycles. The molecular formula is C24H35N7O. The summed E-state index contributed by atoms with van der Waals surface area (Å²) in [5.41, 5.74) is 3.28. The maximum atomic E-state index is 12.9. The van der Waals surface area contributed by atoms with Gasteiger partial charge in [0.05, 0.1) is 6.54 Å². The minimum Gasteiger partial charge on any atom is -0.369 e. The molecule has 0 radical (unpaired) electrons. The van der Waals surface area contributed by atoms with Gasteiger partial charge in [0.2, 0.25) is 0 Å². The van der Waals surface area contributed by atoms with Crippen LogP contribution in [0.4, 0.5) is 16.2 Å². The van der Waals surface area contributed by atoms with Crippen LogP contribution in [0.5, 0.6) is 0 Å². The van der Waals surface area contributed by atoms with Crippen molar-refractivity contribution in [2.75, 3.05) is 63.1 Å². The van der Waals surface area contributed by atoms with Gasteiger partial charge in [-0.2, -0.15) is 0 Å². The number of rotatable bonds is 3. The van der Waals surface area contributed by atoms with Gasteiger partial charge in [-0.1, -0.05) is 0 Å². The Morgan fingerprint density at radius 3 is 2.56 bits per heavy atom. The number of piperazine rings is 1. The third-order valence-corrected chi connectivity index (χ3v) is 7.36. The number of hydrogen-bond acceptors (Lipinski definition) is 5. The lowest BCUT2D eigenvalue weighted by Crippen LogP contribution is -2.49. The van der Waals surface area contributed by atoms with Gasteiger partial charge in [0.1, 0.15) is 5.82 Å². The van der Waals surface area contributed by atoms with Crippen LogP contribution < -0.4 is 10.2 Å². The first-order chi connectivity index (χ1) is 15.6. The molecule has 2 aromatic rings. The zero-order valence-electron chi connectivity index (χ0n) is 19.3. The predicted molar refractivity (Wildman–Crippen MR) is 127 cm³/mol. The molecule has 0 spiro atoms. The largest absolute Gasteiger partial charge is 0.369 e. The molecule has 0 unspecified atom stereocenters. The van der Waals surface area contributed by atoms with Gasteiger partial charge in [0, 0.05) is 82.2 Å². The number of fused-ring (bicyclic) bond motifs is 1. The van der Waals surface area contributed by atoms with Crippen LogP contribution in [0.1, 0.15) is 24.2 Å². The van der Waals surface area contributed by atoms with E-state index in [9.17, 15) is 4.79 Å². The minimum atomic E-state index is 0.0214. The standard InChI is InChI=1S/C24H35N7O/c1-19-17-21(28-13-11-27(2)12-14-28)3-4-22(19)26-24(32)30-8-5-20(6-9-30)31-16-15-29-10-7-25-23(29)18-31/h3-4,7,10,17,20H,5-6,8-9,11-16,18H2,1-2H3,(H,26,32). The van der Waals surface area contributed by atoms with E-state index < -0.39 is 0 Å². The molecule has 0 atom stereocenters. The Morgan fingerprint density at radius 1 is 1.03 bits per heavy atom. The summed E-state index contributed by atoms with van der Waals surface area (Å²) in [5.74, 6) is 1.16. The lowest BCUT2D eigenvalue weighted by atomic mass is 10.0. The van der Waals surface area contributed by atoms with Crippen molar-refractivity contribution < 1.29 is 4.79 Å². The van der Waals surface area contributed by atoms with Crippen LogP contribution in [0.15, 0.2) is 30.6 Å². The number of imidazole rings is 1. The van der Waals surface area contributed by atoms with Gasteiger partial charge in [0.15, 0.2) is 0 Å². The Hall–Kier alpha value is -2.58. The Labute approximate surface area is 190 Å². The molecule has 0 bridgehead atoms. The molecule has 8 nitrogen and oxygen atoms in total. The molecule has 32 heavy (non-hydrogen) atoms. The van der Waals surface area contributed by atoms with Gasteiger partial charge in [0.25, 0.3) is 0 Å². The fourth-order valence-corrected chi connectivity index (χ4v) is 5.18. The van der Waals surface area contributed by atoms with Crippen LogP contribution in [0, 0.1) is 6.92 Å². The van der Waals surface area contributed by atoms with E-state index in [-0.39, 0.29) is 6.03 Å². The minimum absolute atomic E-state index is 0.0214. The van der Waals surface area contributed by atoms with Crippen molar-refractivity contribution in [1.29, 1.82) is 0 Å². The summed E-state index contributed by atoms with van der Waals surface area (Å²) >= 11 is 0. The highest BCUT2D eigenvalue weighted by Crippen LogP contribution is 2.25. The summed E-state index contributed by atoms with van der Waals surface area (Å²) in [6.07, 6.45) is 6.01. The zero-order valence-corrected chi connectivity index (χ0v) is 19.3. The smallest absolute Gasteiger partial charge is 0.321 e. The molecule has 1 aromatic carbocycles. The molecule has 2 saturated heterocycles. The van der Waals surface area contributed by atoms with Crippen molar-refractivity contribution in [2.45, 2.75) is 38.9 Å². The van der Waals surface area contributed by atoms with Crippen LogP contribution in [-0.2, 0) is 13.1 Å². The number of carbonyl (C=O) groups excluding carboxylic acids is 1. The van der Waals surface area contributed by atoms with Gasteiger partial charge < -0.3 is 24.6 Å². The summed E-state index contributed by atoms with van der Waals surface area (Å²) in [5, 5.41) is 3.15. The van der Waals surface area contributed by atoms with Crippen LogP contribution in [-0.4, -0.2) is 89.2 Å². The lowest BCUT2D eigenvalue weighted by Gasteiger charge is -2.40. The molecule has 0 saturated carbocycles. The maximum absolute atomic E-state index is 12.9. The Balaban J connectivity index is 1.13. The van der Waals surface area contributed by atoms with Gasteiger partial charge in [-0.15, -0.1) is 0 Å². The molecular weight excluding hydrogens is 402 g/mol. The summed E-state index contributed by atoms with van der Waals surface area (Å²) in [6.45, 7) is 11.0. The van der Waals surface area contributed by atoms with Crippen molar-refractivity contribution in [3.05, 3.63) is 42.0 Å². The zero-order chi connectivity index (χ0) is 22.1. The van der Waals surface area contributed by atoms with Gasteiger partial charge in [-0.05, 0) is 50.6 Å². The molecule has 2 fully saturated rings. The van der Waals surface area contributed by atoms with E-state index in [1.54, 1.807) is 0 Å². The third kappa shape index (κ3) is 4.47. The van der Waals surface area contributed by atoms with E-state index in [0.29, 0.717) is 6.04 Å². The first kappa shape index (κ1) is 21.3. The number of piperidine rings is 1. The van der Waals surface area contributed by atoms with Crippen molar-refractivity contribution in [3.8, 4) is 0 Å². The third-order valence-electron chi connectivity index (χ3n) is 7.36. The highest BCUT2D eigenvalue weighted by molar-refractivity contribution is 5.90. The monoisotopic (exact) mass is 437 g/mol. The fourth-order valence-electron chi connectivity index (χ4n) is 5.18.